The molecule has 122 valence electrons. The van der Waals surface area contributed by atoms with Crippen LogP contribution in [-0.2, 0) is 11.3 Å². The molecule has 0 saturated carbocycles. The molecule has 0 aliphatic heterocycles. The van der Waals surface area contributed by atoms with Gasteiger partial charge in [-0.2, -0.15) is 0 Å². The Hall–Kier alpha value is -2.07. The van der Waals surface area contributed by atoms with E-state index >= 15 is 0 Å². The van der Waals surface area contributed by atoms with E-state index in [4.69, 9.17) is 16.3 Å². The quantitative estimate of drug-likeness (QED) is 0.856. The van der Waals surface area contributed by atoms with Gasteiger partial charge in [0, 0.05) is 11.6 Å². The summed E-state index contributed by atoms with van der Waals surface area (Å²) in [5.74, 6) is 0.105. The maximum absolute atomic E-state index is 12.9. The van der Waals surface area contributed by atoms with Gasteiger partial charge in [-0.25, -0.2) is 4.39 Å². The van der Waals surface area contributed by atoms with Gasteiger partial charge in [0.1, 0.15) is 11.6 Å². The maximum atomic E-state index is 12.9. The third-order valence-electron chi connectivity index (χ3n) is 3.45. The second kappa shape index (κ2) is 7.97. The van der Waals surface area contributed by atoms with E-state index in [1.54, 1.807) is 30.3 Å². The van der Waals surface area contributed by atoms with Gasteiger partial charge in [-0.1, -0.05) is 30.7 Å². The molecule has 23 heavy (non-hydrogen) atoms. The number of benzene rings is 2. The average molecular weight is 336 g/mol. The van der Waals surface area contributed by atoms with Crippen molar-refractivity contribution < 1.29 is 13.9 Å². The van der Waals surface area contributed by atoms with Crippen LogP contribution in [0.1, 0.15) is 24.5 Å². The molecule has 0 heterocycles. The molecule has 5 heteroatoms. The molecule has 2 rings (SSSR count). The van der Waals surface area contributed by atoms with E-state index in [0.29, 0.717) is 23.7 Å². The van der Waals surface area contributed by atoms with Crippen molar-refractivity contribution in [1.29, 1.82) is 0 Å². The lowest BCUT2D eigenvalue weighted by atomic mass is 10.2. The molecule has 2 aromatic rings. The Morgan fingerprint density at radius 2 is 1.96 bits per heavy atom. The van der Waals surface area contributed by atoms with Crippen LogP contribution in [-0.4, -0.2) is 12.0 Å². The number of halogens is 2. The first-order chi connectivity index (χ1) is 11.0. The fourth-order valence-corrected chi connectivity index (χ4v) is 2.20. The maximum Gasteiger partial charge on any atom is 0.261 e. The number of aryl methyl sites for hydroxylation is 1. The molecule has 3 nitrogen and oxygen atoms in total. The zero-order chi connectivity index (χ0) is 16.8. The standard InChI is InChI=1S/C18H19ClFNO2/c1-3-17(23-15-8-9-16(19)12(2)10-15)18(22)21-11-13-4-6-14(20)7-5-13/h4-10,17H,3,11H2,1-2H3,(H,21,22)/t17-/m0/s1. The molecule has 0 bridgehead atoms. The van der Waals surface area contributed by atoms with Crippen LogP contribution < -0.4 is 10.1 Å². The van der Waals surface area contributed by atoms with Gasteiger partial charge in [-0.15, -0.1) is 0 Å². The monoisotopic (exact) mass is 335 g/mol. The number of nitrogens with one attached hydrogen (secondary N) is 1. The second-order valence-corrected chi connectivity index (χ2v) is 5.68. The highest BCUT2D eigenvalue weighted by Gasteiger charge is 2.18. The van der Waals surface area contributed by atoms with Gasteiger partial charge in [-0.05, 0) is 54.8 Å². The van der Waals surface area contributed by atoms with Crippen LogP contribution in [0.25, 0.3) is 0 Å². The third kappa shape index (κ3) is 4.96. The third-order valence-corrected chi connectivity index (χ3v) is 3.88. The lowest BCUT2D eigenvalue weighted by Crippen LogP contribution is -2.37. The Morgan fingerprint density at radius 1 is 1.26 bits per heavy atom. The molecular weight excluding hydrogens is 317 g/mol. The summed E-state index contributed by atoms with van der Waals surface area (Å²) in [6.45, 7) is 4.09. The van der Waals surface area contributed by atoms with Crippen molar-refractivity contribution in [3.05, 3.63) is 64.4 Å². The number of rotatable bonds is 6. The Bertz CT molecular complexity index is 673. The molecule has 0 spiro atoms. The highest BCUT2D eigenvalue weighted by molar-refractivity contribution is 6.31. The Balaban J connectivity index is 1.95. The van der Waals surface area contributed by atoms with Crippen LogP contribution >= 0.6 is 11.6 Å². The first kappa shape index (κ1) is 17.3. The van der Waals surface area contributed by atoms with Crippen LogP contribution in [0.15, 0.2) is 42.5 Å². The van der Waals surface area contributed by atoms with E-state index in [2.05, 4.69) is 5.32 Å². The first-order valence-corrected chi connectivity index (χ1v) is 7.82. The lowest BCUT2D eigenvalue weighted by molar-refractivity contribution is -0.128. The van der Waals surface area contributed by atoms with Gasteiger partial charge < -0.3 is 10.1 Å². The average Bonchev–Trinajstić information content (AvgIpc) is 2.55. The van der Waals surface area contributed by atoms with E-state index in [9.17, 15) is 9.18 Å². The fraction of sp³-hybridized carbons (Fsp3) is 0.278. The van der Waals surface area contributed by atoms with Crippen LogP contribution in [0.5, 0.6) is 5.75 Å². The molecule has 1 N–H and O–H groups in total. The van der Waals surface area contributed by atoms with Crippen molar-refractivity contribution in [2.24, 2.45) is 0 Å². The van der Waals surface area contributed by atoms with E-state index in [0.717, 1.165) is 11.1 Å². The molecule has 1 amide bonds. The number of hydrogen-bond donors (Lipinski definition) is 1. The molecule has 0 aromatic heterocycles. The number of carbonyl (C=O) groups is 1. The minimum Gasteiger partial charge on any atom is -0.481 e. The SMILES string of the molecule is CC[C@H](Oc1ccc(Cl)c(C)c1)C(=O)NCc1ccc(F)cc1. The first-order valence-electron chi connectivity index (χ1n) is 7.44. The summed E-state index contributed by atoms with van der Waals surface area (Å²) in [5, 5.41) is 3.46. The highest BCUT2D eigenvalue weighted by Crippen LogP contribution is 2.22. The molecule has 0 fully saturated rings. The summed E-state index contributed by atoms with van der Waals surface area (Å²) in [4.78, 5) is 12.2. The minimum atomic E-state index is -0.587. The fourth-order valence-electron chi connectivity index (χ4n) is 2.08. The number of ether oxygens (including phenoxy) is 1. The van der Waals surface area contributed by atoms with Gasteiger partial charge in [0.25, 0.3) is 5.91 Å². The van der Waals surface area contributed by atoms with E-state index in [1.807, 2.05) is 13.8 Å². The second-order valence-electron chi connectivity index (χ2n) is 5.27. The Kier molecular flexibility index (Phi) is 5.99. The van der Waals surface area contributed by atoms with Crippen molar-refractivity contribution in [3.8, 4) is 5.75 Å². The zero-order valence-corrected chi connectivity index (χ0v) is 13.9. The summed E-state index contributed by atoms with van der Waals surface area (Å²) in [7, 11) is 0. The summed E-state index contributed by atoms with van der Waals surface area (Å²) in [5.41, 5.74) is 1.72. The normalized spacial score (nSPS) is 11.8. The van der Waals surface area contributed by atoms with E-state index < -0.39 is 6.10 Å². The Labute approximate surface area is 140 Å². The smallest absolute Gasteiger partial charge is 0.261 e. The minimum absolute atomic E-state index is 0.204. The van der Waals surface area contributed by atoms with E-state index in [1.165, 1.54) is 12.1 Å². The largest absolute Gasteiger partial charge is 0.481 e. The van der Waals surface area contributed by atoms with Crippen molar-refractivity contribution >= 4 is 17.5 Å². The van der Waals surface area contributed by atoms with Gasteiger partial charge in [0.15, 0.2) is 6.10 Å². The van der Waals surface area contributed by atoms with Gasteiger partial charge in [0.2, 0.25) is 0 Å². The van der Waals surface area contributed by atoms with E-state index in [-0.39, 0.29) is 11.7 Å². The summed E-state index contributed by atoms with van der Waals surface area (Å²) in [6.07, 6.45) is -0.0484. The topological polar surface area (TPSA) is 38.3 Å². The zero-order valence-electron chi connectivity index (χ0n) is 13.1. The molecule has 1 atom stereocenters. The predicted molar refractivity (Wildman–Crippen MR) is 89.1 cm³/mol. The van der Waals surface area contributed by atoms with Crippen molar-refractivity contribution in [3.63, 3.8) is 0 Å². The van der Waals surface area contributed by atoms with Crippen molar-refractivity contribution in [1.82, 2.24) is 5.32 Å². The van der Waals surface area contributed by atoms with Crippen molar-refractivity contribution in [2.45, 2.75) is 32.9 Å². The van der Waals surface area contributed by atoms with Crippen molar-refractivity contribution in [2.75, 3.05) is 0 Å². The van der Waals surface area contributed by atoms with Crippen LogP contribution in [0.4, 0.5) is 4.39 Å². The van der Waals surface area contributed by atoms with Gasteiger partial charge in [0.05, 0.1) is 0 Å². The molecule has 0 saturated heterocycles. The summed E-state index contributed by atoms with van der Waals surface area (Å²) in [6, 6.07) is 11.3. The van der Waals surface area contributed by atoms with Gasteiger partial charge >= 0.3 is 0 Å². The molecule has 2 aromatic carbocycles. The molecule has 0 aliphatic rings. The Morgan fingerprint density at radius 3 is 2.57 bits per heavy atom. The lowest BCUT2D eigenvalue weighted by Gasteiger charge is -2.18. The molecule has 0 unspecified atom stereocenters. The van der Waals surface area contributed by atoms with Crippen LogP contribution in [0.2, 0.25) is 5.02 Å². The predicted octanol–water partition coefficient (Wildman–Crippen LogP) is 4.26. The highest BCUT2D eigenvalue weighted by atomic mass is 35.5. The summed E-state index contributed by atoms with van der Waals surface area (Å²) >= 11 is 5.98. The molecule has 0 radical (unpaired) electrons. The van der Waals surface area contributed by atoms with Gasteiger partial charge in [-0.3, -0.25) is 4.79 Å². The van der Waals surface area contributed by atoms with Crippen LogP contribution in [0, 0.1) is 12.7 Å². The summed E-state index contributed by atoms with van der Waals surface area (Å²) < 4.78 is 18.6. The van der Waals surface area contributed by atoms with Crippen LogP contribution in [0.3, 0.4) is 0 Å². The number of carbonyl (C=O) groups excluding carboxylic acids is 1. The number of hydrogen-bond acceptors (Lipinski definition) is 2. The molecule has 0 aliphatic carbocycles. The number of amides is 1. The molecular formula is C18H19ClFNO2.